The van der Waals surface area contributed by atoms with Crippen LogP contribution in [-0.2, 0) is 11.3 Å². The van der Waals surface area contributed by atoms with Gasteiger partial charge in [0, 0.05) is 12.6 Å². The average Bonchev–Trinajstić information content (AvgIpc) is 2.97. The van der Waals surface area contributed by atoms with E-state index in [-0.39, 0.29) is 17.7 Å². The molecule has 2 rings (SSSR count). The number of ether oxygens (including phenoxy) is 1. The van der Waals surface area contributed by atoms with Gasteiger partial charge in [0.15, 0.2) is 5.78 Å². The van der Waals surface area contributed by atoms with Crippen LogP contribution in [0.3, 0.4) is 0 Å². The Kier molecular flexibility index (Phi) is 5.13. The van der Waals surface area contributed by atoms with E-state index in [0.717, 1.165) is 24.0 Å². The highest BCUT2D eigenvalue weighted by Crippen LogP contribution is 2.24. The third-order valence-electron chi connectivity index (χ3n) is 3.35. The molecule has 1 fully saturated rings. The van der Waals surface area contributed by atoms with Gasteiger partial charge in [0.2, 0.25) is 0 Å². The van der Waals surface area contributed by atoms with Gasteiger partial charge < -0.3 is 10.1 Å². The molecular weight excluding hydrogens is 310 g/mol. The minimum Gasteiger partial charge on any atom is -0.379 e. The van der Waals surface area contributed by atoms with Crippen molar-refractivity contribution in [2.75, 3.05) is 19.8 Å². The monoisotopic (exact) mass is 329 g/mol. The molecule has 0 aliphatic carbocycles. The van der Waals surface area contributed by atoms with Crippen molar-refractivity contribution >= 4 is 21.7 Å². The number of hydrogen-bond donors (Lipinski definition) is 1. The van der Waals surface area contributed by atoms with E-state index in [1.54, 1.807) is 10.9 Å². The minimum atomic E-state index is -0.122. The van der Waals surface area contributed by atoms with Gasteiger partial charge >= 0.3 is 0 Å². The molecule has 1 saturated heterocycles. The summed E-state index contributed by atoms with van der Waals surface area (Å²) in [6.07, 6.45) is 2.65. The first kappa shape index (κ1) is 14.7. The van der Waals surface area contributed by atoms with Gasteiger partial charge in [-0.2, -0.15) is 5.10 Å². The van der Waals surface area contributed by atoms with E-state index in [4.69, 9.17) is 4.74 Å². The molecule has 0 radical (unpaired) electrons. The summed E-state index contributed by atoms with van der Waals surface area (Å²) in [5, 5.41) is 7.57. The number of halogens is 1. The van der Waals surface area contributed by atoms with E-state index < -0.39 is 0 Å². The molecule has 5 nitrogen and oxygen atoms in total. The SMILES string of the molecule is CCCn1ncc(Br)c1C(=O)C1COCC1NCC. The predicted octanol–water partition coefficient (Wildman–Crippen LogP) is 1.86. The van der Waals surface area contributed by atoms with Crippen molar-refractivity contribution in [3.63, 3.8) is 0 Å². The third kappa shape index (κ3) is 3.07. The maximum Gasteiger partial charge on any atom is 0.189 e. The zero-order valence-electron chi connectivity index (χ0n) is 11.4. The second-order valence-electron chi connectivity index (χ2n) is 4.74. The van der Waals surface area contributed by atoms with E-state index in [1.165, 1.54) is 0 Å². The maximum atomic E-state index is 12.7. The number of carbonyl (C=O) groups is 1. The Morgan fingerprint density at radius 2 is 2.37 bits per heavy atom. The first-order chi connectivity index (χ1) is 9.19. The van der Waals surface area contributed by atoms with Crippen LogP contribution in [0, 0.1) is 5.92 Å². The van der Waals surface area contributed by atoms with Crippen molar-refractivity contribution in [3.8, 4) is 0 Å². The Balaban J connectivity index is 2.21. The predicted molar refractivity (Wildman–Crippen MR) is 76.3 cm³/mol. The molecule has 1 aliphatic heterocycles. The summed E-state index contributed by atoms with van der Waals surface area (Å²) in [6.45, 7) is 6.80. The van der Waals surface area contributed by atoms with Gasteiger partial charge in [0.1, 0.15) is 5.69 Å². The van der Waals surface area contributed by atoms with Crippen LogP contribution in [0.5, 0.6) is 0 Å². The summed E-state index contributed by atoms with van der Waals surface area (Å²) in [5.41, 5.74) is 0.667. The average molecular weight is 330 g/mol. The van der Waals surface area contributed by atoms with E-state index in [2.05, 4.69) is 33.3 Å². The minimum absolute atomic E-state index is 0.106. The van der Waals surface area contributed by atoms with E-state index in [0.29, 0.717) is 18.9 Å². The van der Waals surface area contributed by atoms with Crippen LogP contribution in [0.1, 0.15) is 30.8 Å². The van der Waals surface area contributed by atoms with Gasteiger partial charge in [0.25, 0.3) is 0 Å². The lowest BCUT2D eigenvalue weighted by atomic mass is 9.96. The molecule has 0 saturated carbocycles. The van der Waals surface area contributed by atoms with Crippen molar-refractivity contribution in [2.24, 2.45) is 5.92 Å². The second kappa shape index (κ2) is 6.63. The maximum absolute atomic E-state index is 12.7. The molecule has 6 heteroatoms. The van der Waals surface area contributed by atoms with Crippen LogP contribution in [0.2, 0.25) is 0 Å². The van der Waals surface area contributed by atoms with Crippen LogP contribution >= 0.6 is 15.9 Å². The number of likely N-dealkylation sites (N-methyl/N-ethyl adjacent to an activating group) is 1. The lowest BCUT2D eigenvalue weighted by molar-refractivity contribution is 0.0879. The Hall–Kier alpha value is -0.720. The van der Waals surface area contributed by atoms with Gasteiger partial charge in [-0.1, -0.05) is 13.8 Å². The smallest absolute Gasteiger partial charge is 0.189 e. The van der Waals surface area contributed by atoms with Crippen molar-refractivity contribution in [1.82, 2.24) is 15.1 Å². The molecule has 2 atom stereocenters. The lowest BCUT2D eigenvalue weighted by Gasteiger charge is -2.17. The first-order valence-electron chi connectivity index (χ1n) is 6.75. The fraction of sp³-hybridized carbons (Fsp3) is 0.692. The van der Waals surface area contributed by atoms with Crippen molar-refractivity contribution in [2.45, 2.75) is 32.9 Å². The molecule has 2 heterocycles. The fourth-order valence-electron chi connectivity index (χ4n) is 2.44. The van der Waals surface area contributed by atoms with Crippen LogP contribution in [0.4, 0.5) is 0 Å². The Bertz CT molecular complexity index is 447. The van der Waals surface area contributed by atoms with Crippen LogP contribution < -0.4 is 5.32 Å². The fourth-order valence-corrected chi connectivity index (χ4v) is 2.93. The second-order valence-corrected chi connectivity index (χ2v) is 5.59. The van der Waals surface area contributed by atoms with E-state index in [1.807, 2.05) is 6.92 Å². The van der Waals surface area contributed by atoms with Crippen molar-refractivity contribution < 1.29 is 9.53 Å². The Morgan fingerprint density at radius 3 is 3.05 bits per heavy atom. The molecule has 19 heavy (non-hydrogen) atoms. The summed E-state index contributed by atoms with van der Waals surface area (Å²) in [6, 6.07) is 0.106. The van der Waals surface area contributed by atoms with Gasteiger partial charge in [0.05, 0.1) is 29.8 Å². The number of hydrogen-bond acceptors (Lipinski definition) is 4. The lowest BCUT2D eigenvalue weighted by Crippen LogP contribution is -2.39. The number of carbonyl (C=O) groups excluding carboxylic acids is 1. The highest BCUT2D eigenvalue weighted by molar-refractivity contribution is 9.10. The number of Topliss-reactive ketones (excluding diaryl/α,β-unsaturated/α-hetero) is 1. The molecular formula is C13H20BrN3O2. The molecule has 106 valence electrons. The zero-order chi connectivity index (χ0) is 13.8. The van der Waals surface area contributed by atoms with Crippen LogP contribution in [0.25, 0.3) is 0 Å². The van der Waals surface area contributed by atoms with Crippen molar-refractivity contribution in [3.05, 3.63) is 16.4 Å². The molecule has 0 amide bonds. The quantitative estimate of drug-likeness (QED) is 0.809. The molecule has 2 unspecified atom stereocenters. The van der Waals surface area contributed by atoms with Crippen LogP contribution in [-0.4, -0.2) is 41.4 Å². The highest BCUT2D eigenvalue weighted by atomic mass is 79.9. The Morgan fingerprint density at radius 1 is 1.58 bits per heavy atom. The molecule has 1 N–H and O–H groups in total. The largest absolute Gasteiger partial charge is 0.379 e. The number of ketones is 1. The molecule has 0 bridgehead atoms. The summed E-state index contributed by atoms with van der Waals surface area (Å²) < 4.78 is 8.01. The number of rotatable bonds is 6. The summed E-state index contributed by atoms with van der Waals surface area (Å²) in [5.74, 6) is -0.00942. The van der Waals surface area contributed by atoms with Gasteiger partial charge in [-0.15, -0.1) is 0 Å². The molecule has 1 aromatic heterocycles. The third-order valence-corrected chi connectivity index (χ3v) is 3.93. The standard InChI is InChI=1S/C13H20BrN3O2/c1-3-5-17-12(10(14)6-16-17)13(18)9-7-19-8-11(9)15-4-2/h6,9,11,15H,3-5,7-8H2,1-2H3. The zero-order valence-corrected chi connectivity index (χ0v) is 12.9. The van der Waals surface area contributed by atoms with Crippen molar-refractivity contribution in [1.29, 1.82) is 0 Å². The normalized spacial score (nSPS) is 22.9. The van der Waals surface area contributed by atoms with Crippen LogP contribution in [0.15, 0.2) is 10.7 Å². The molecule has 0 spiro atoms. The number of aryl methyl sites for hydroxylation is 1. The number of nitrogens with zero attached hydrogens (tertiary/aromatic N) is 2. The van der Waals surface area contributed by atoms with Gasteiger partial charge in [-0.25, -0.2) is 0 Å². The molecule has 0 aromatic carbocycles. The highest BCUT2D eigenvalue weighted by Gasteiger charge is 2.36. The topological polar surface area (TPSA) is 56.2 Å². The van der Waals surface area contributed by atoms with Gasteiger partial charge in [-0.3, -0.25) is 9.48 Å². The molecule has 1 aliphatic rings. The van der Waals surface area contributed by atoms with Gasteiger partial charge in [-0.05, 0) is 28.9 Å². The number of aromatic nitrogens is 2. The first-order valence-corrected chi connectivity index (χ1v) is 7.55. The molecule has 1 aromatic rings. The summed E-state index contributed by atoms with van der Waals surface area (Å²) >= 11 is 3.43. The summed E-state index contributed by atoms with van der Waals surface area (Å²) in [7, 11) is 0. The van der Waals surface area contributed by atoms with E-state index in [9.17, 15) is 4.79 Å². The Labute approximate surface area is 121 Å². The van der Waals surface area contributed by atoms with E-state index >= 15 is 0 Å². The summed E-state index contributed by atoms with van der Waals surface area (Å²) in [4.78, 5) is 12.7. The number of nitrogens with one attached hydrogen (secondary N) is 1.